The Morgan fingerprint density at radius 3 is 2.54 bits per heavy atom. The Kier molecular flexibility index (Phi) is 2.90. The monoisotopic (exact) mass is 182 g/mol. The van der Waals surface area contributed by atoms with Crippen molar-refractivity contribution in [1.82, 2.24) is 0 Å². The molecule has 1 atom stereocenters. The van der Waals surface area contributed by atoms with E-state index in [0.717, 1.165) is 0 Å². The lowest BCUT2D eigenvalue weighted by atomic mass is 9.96. The second-order valence-corrected chi connectivity index (χ2v) is 3.22. The van der Waals surface area contributed by atoms with Gasteiger partial charge in [0.25, 0.3) is 0 Å². The van der Waals surface area contributed by atoms with E-state index in [-0.39, 0.29) is 12.4 Å². The van der Waals surface area contributed by atoms with Crippen LogP contribution in [0.4, 0.5) is 0 Å². The van der Waals surface area contributed by atoms with Crippen LogP contribution in [0.5, 0.6) is 5.75 Å². The zero-order valence-electron chi connectivity index (χ0n) is 7.82. The summed E-state index contributed by atoms with van der Waals surface area (Å²) >= 11 is 0. The standard InChI is InChI=1S/C10H14O3/c1-10(12,7-13-2)8-5-3-4-6-9(8)11/h3-6,11-12H,7H2,1-2H3. The van der Waals surface area contributed by atoms with Crippen molar-refractivity contribution in [1.29, 1.82) is 0 Å². The first-order valence-electron chi connectivity index (χ1n) is 4.08. The number of hydrogen-bond acceptors (Lipinski definition) is 3. The second-order valence-electron chi connectivity index (χ2n) is 3.22. The summed E-state index contributed by atoms with van der Waals surface area (Å²) in [6.07, 6.45) is 0. The number of phenolic OH excluding ortho intramolecular Hbond substituents is 1. The lowest BCUT2D eigenvalue weighted by Gasteiger charge is -2.23. The molecule has 0 spiro atoms. The van der Waals surface area contributed by atoms with Crippen LogP contribution < -0.4 is 0 Å². The van der Waals surface area contributed by atoms with Crippen molar-refractivity contribution < 1.29 is 14.9 Å². The molecule has 72 valence electrons. The number of hydrogen-bond donors (Lipinski definition) is 2. The van der Waals surface area contributed by atoms with Crippen molar-refractivity contribution in [2.24, 2.45) is 0 Å². The normalized spacial score (nSPS) is 15.3. The number of rotatable bonds is 3. The van der Waals surface area contributed by atoms with E-state index in [2.05, 4.69) is 0 Å². The van der Waals surface area contributed by atoms with Gasteiger partial charge in [0.15, 0.2) is 0 Å². The smallest absolute Gasteiger partial charge is 0.121 e. The number of aliphatic hydroxyl groups is 1. The molecule has 0 fully saturated rings. The van der Waals surface area contributed by atoms with E-state index in [1.54, 1.807) is 31.2 Å². The molecule has 3 nitrogen and oxygen atoms in total. The molecule has 0 aliphatic rings. The van der Waals surface area contributed by atoms with Crippen LogP contribution in [0.15, 0.2) is 24.3 Å². The molecule has 1 aromatic rings. The van der Waals surface area contributed by atoms with E-state index in [4.69, 9.17) is 4.74 Å². The molecule has 0 aromatic heterocycles. The first-order chi connectivity index (χ1) is 6.08. The predicted octanol–water partition coefficient (Wildman–Crippen LogP) is 1.25. The van der Waals surface area contributed by atoms with E-state index in [9.17, 15) is 10.2 Å². The molecule has 1 aromatic carbocycles. The zero-order chi connectivity index (χ0) is 9.90. The highest BCUT2D eigenvalue weighted by Gasteiger charge is 2.25. The number of ether oxygens (including phenoxy) is 1. The number of phenols is 1. The summed E-state index contributed by atoms with van der Waals surface area (Å²) in [4.78, 5) is 0. The van der Waals surface area contributed by atoms with Crippen LogP contribution in [0.3, 0.4) is 0 Å². The molecule has 0 amide bonds. The largest absolute Gasteiger partial charge is 0.508 e. The predicted molar refractivity (Wildman–Crippen MR) is 49.6 cm³/mol. The van der Waals surface area contributed by atoms with Crippen molar-refractivity contribution >= 4 is 0 Å². The Bertz CT molecular complexity index is 281. The fraction of sp³-hybridized carbons (Fsp3) is 0.400. The lowest BCUT2D eigenvalue weighted by molar-refractivity contribution is -0.0222. The van der Waals surface area contributed by atoms with Gasteiger partial charge in [0.1, 0.15) is 11.4 Å². The van der Waals surface area contributed by atoms with Gasteiger partial charge in [-0.15, -0.1) is 0 Å². The molecule has 13 heavy (non-hydrogen) atoms. The number of aromatic hydroxyl groups is 1. The average Bonchev–Trinajstić information content (AvgIpc) is 2.04. The number of methoxy groups -OCH3 is 1. The number of para-hydroxylation sites is 1. The van der Waals surface area contributed by atoms with Crippen molar-refractivity contribution in [2.75, 3.05) is 13.7 Å². The Hall–Kier alpha value is -1.06. The van der Waals surface area contributed by atoms with Crippen LogP contribution in [-0.4, -0.2) is 23.9 Å². The maximum atomic E-state index is 9.88. The third-order valence-electron chi connectivity index (χ3n) is 1.91. The van der Waals surface area contributed by atoms with E-state index in [1.807, 2.05) is 0 Å². The van der Waals surface area contributed by atoms with Crippen molar-refractivity contribution in [2.45, 2.75) is 12.5 Å². The van der Waals surface area contributed by atoms with Gasteiger partial charge >= 0.3 is 0 Å². The third kappa shape index (κ3) is 2.20. The van der Waals surface area contributed by atoms with Gasteiger partial charge in [0, 0.05) is 12.7 Å². The molecule has 0 radical (unpaired) electrons. The second kappa shape index (κ2) is 3.77. The minimum absolute atomic E-state index is 0.0875. The van der Waals surface area contributed by atoms with Gasteiger partial charge in [-0.05, 0) is 13.0 Å². The molecule has 2 N–H and O–H groups in total. The maximum Gasteiger partial charge on any atom is 0.121 e. The van der Waals surface area contributed by atoms with Gasteiger partial charge in [-0.25, -0.2) is 0 Å². The molecule has 1 rings (SSSR count). The summed E-state index contributed by atoms with van der Waals surface area (Å²) in [5.41, 5.74) is -0.656. The molecule has 0 heterocycles. The first kappa shape index (κ1) is 10.0. The molecule has 0 bridgehead atoms. The van der Waals surface area contributed by atoms with Gasteiger partial charge < -0.3 is 14.9 Å². The summed E-state index contributed by atoms with van der Waals surface area (Å²) in [5, 5.41) is 19.3. The summed E-state index contributed by atoms with van der Waals surface area (Å²) in [5.74, 6) is 0.0875. The molecular formula is C10H14O3. The topological polar surface area (TPSA) is 49.7 Å². The van der Waals surface area contributed by atoms with Crippen LogP contribution in [0.1, 0.15) is 12.5 Å². The molecule has 3 heteroatoms. The van der Waals surface area contributed by atoms with E-state index >= 15 is 0 Å². The van der Waals surface area contributed by atoms with E-state index in [0.29, 0.717) is 5.56 Å². The van der Waals surface area contributed by atoms with Crippen LogP contribution in [0.25, 0.3) is 0 Å². The number of benzene rings is 1. The van der Waals surface area contributed by atoms with Crippen LogP contribution in [-0.2, 0) is 10.3 Å². The van der Waals surface area contributed by atoms with Crippen molar-refractivity contribution in [3.05, 3.63) is 29.8 Å². The summed E-state index contributed by atoms with van der Waals surface area (Å²) in [6.45, 7) is 1.76. The van der Waals surface area contributed by atoms with Gasteiger partial charge in [0.2, 0.25) is 0 Å². The van der Waals surface area contributed by atoms with Gasteiger partial charge in [-0.2, -0.15) is 0 Å². The summed E-state index contributed by atoms with van der Waals surface area (Å²) in [7, 11) is 1.51. The molecule has 0 saturated carbocycles. The molecule has 0 aliphatic heterocycles. The summed E-state index contributed by atoms with van der Waals surface area (Å²) < 4.78 is 4.85. The Morgan fingerprint density at radius 1 is 1.38 bits per heavy atom. The van der Waals surface area contributed by atoms with Crippen LogP contribution in [0.2, 0.25) is 0 Å². The van der Waals surface area contributed by atoms with Crippen LogP contribution in [0, 0.1) is 0 Å². The Balaban J connectivity index is 2.99. The SMILES string of the molecule is COCC(C)(O)c1ccccc1O. The molecule has 0 saturated heterocycles. The van der Waals surface area contributed by atoms with Crippen molar-refractivity contribution in [3.8, 4) is 5.75 Å². The van der Waals surface area contributed by atoms with Gasteiger partial charge in [-0.3, -0.25) is 0 Å². The first-order valence-corrected chi connectivity index (χ1v) is 4.08. The summed E-state index contributed by atoms with van der Waals surface area (Å²) in [6, 6.07) is 6.69. The van der Waals surface area contributed by atoms with Crippen molar-refractivity contribution in [3.63, 3.8) is 0 Å². The molecule has 1 unspecified atom stereocenters. The van der Waals surface area contributed by atoms with Crippen LogP contribution >= 0.6 is 0 Å². The third-order valence-corrected chi connectivity index (χ3v) is 1.91. The minimum Gasteiger partial charge on any atom is -0.508 e. The highest BCUT2D eigenvalue weighted by Crippen LogP contribution is 2.28. The fourth-order valence-electron chi connectivity index (χ4n) is 1.29. The average molecular weight is 182 g/mol. The van der Waals surface area contributed by atoms with Gasteiger partial charge in [0.05, 0.1) is 6.61 Å². The maximum absolute atomic E-state index is 9.88. The highest BCUT2D eigenvalue weighted by molar-refractivity contribution is 5.36. The Morgan fingerprint density at radius 2 is 2.00 bits per heavy atom. The molecular weight excluding hydrogens is 168 g/mol. The lowest BCUT2D eigenvalue weighted by Crippen LogP contribution is -2.27. The van der Waals surface area contributed by atoms with Gasteiger partial charge in [-0.1, -0.05) is 18.2 Å². The quantitative estimate of drug-likeness (QED) is 0.739. The van der Waals surface area contributed by atoms with E-state index < -0.39 is 5.60 Å². The molecule has 0 aliphatic carbocycles. The van der Waals surface area contributed by atoms with E-state index in [1.165, 1.54) is 7.11 Å². The highest BCUT2D eigenvalue weighted by atomic mass is 16.5. The Labute approximate surface area is 77.6 Å². The zero-order valence-corrected chi connectivity index (χ0v) is 7.82. The fourth-order valence-corrected chi connectivity index (χ4v) is 1.29. The minimum atomic E-state index is -1.14.